The van der Waals surface area contributed by atoms with Crippen molar-refractivity contribution in [2.45, 2.75) is 40.5 Å². The summed E-state index contributed by atoms with van der Waals surface area (Å²) in [6.45, 7) is 9.04. The largest absolute Gasteiger partial charge is 0.0839 e. The summed E-state index contributed by atoms with van der Waals surface area (Å²) in [5.41, 5.74) is 12.3. The van der Waals surface area contributed by atoms with E-state index in [1.807, 2.05) is 6.08 Å². The van der Waals surface area contributed by atoms with Gasteiger partial charge in [0.2, 0.25) is 0 Å². The minimum absolute atomic E-state index is 0.662. The minimum atomic E-state index is -0.787. The molecule has 0 heterocycles. The molecule has 0 nitrogen and oxygen atoms in total. The van der Waals surface area contributed by atoms with Gasteiger partial charge in [-0.2, -0.15) is 0 Å². The predicted octanol–water partition coefficient (Wildman–Crippen LogP) is 7.95. The van der Waals surface area contributed by atoms with E-state index in [0.29, 0.717) is 0 Å². The van der Waals surface area contributed by atoms with Gasteiger partial charge in [-0.1, -0.05) is 96.4 Å². The summed E-state index contributed by atoms with van der Waals surface area (Å²) >= 11 is 0. The molecule has 36 heavy (non-hydrogen) atoms. The van der Waals surface area contributed by atoms with Crippen molar-refractivity contribution >= 4 is 37.1 Å². The summed E-state index contributed by atoms with van der Waals surface area (Å²) in [7, 11) is -1.45. The molecule has 0 amide bonds. The summed E-state index contributed by atoms with van der Waals surface area (Å²) in [6.07, 6.45) is 11.1. The highest BCUT2D eigenvalue weighted by Crippen LogP contribution is 2.53. The first-order valence-electron chi connectivity index (χ1n) is 12.6. The van der Waals surface area contributed by atoms with Gasteiger partial charge in [0.25, 0.3) is 0 Å². The molecular formula is C34H32P2. The van der Waals surface area contributed by atoms with Crippen LogP contribution < -0.4 is 21.2 Å². The highest BCUT2D eigenvalue weighted by atomic mass is 31.1. The monoisotopic (exact) mass is 502 g/mol. The van der Waals surface area contributed by atoms with Crippen molar-refractivity contribution in [1.82, 2.24) is 0 Å². The van der Waals surface area contributed by atoms with Crippen LogP contribution in [0.4, 0.5) is 0 Å². The summed E-state index contributed by atoms with van der Waals surface area (Å²) in [5, 5.41) is 8.71. The molecule has 178 valence electrons. The lowest BCUT2D eigenvalue weighted by molar-refractivity contribution is 0.997. The van der Waals surface area contributed by atoms with Crippen LogP contribution in [0.5, 0.6) is 0 Å². The first-order chi connectivity index (χ1) is 17.6. The van der Waals surface area contributed by atoms with Crippen LogP contribution in [0, 0.1) is 13.8 Å². The van der Waals surface area contributed by atoms with E-state index in [1.165, 1.54) is 48.8 Å². The molecule has 2 aliphatic carbocycles. The van der Waals surface area contributed by atoms with E-state index in [4.69, 9.17) is 0 Å². The quantitative estimate of drug-likeness (QED) is 0.237. The summed E-state index contributed by atoms with van der Waals surface area (Å²) in [4.78, 5) is 0. The van der Waals surface area contributed by atoms with Gasteiger partial charge in [0.15, 0.2) is 0 Å². The number of hydrogen-bond donors (Lipinski definition) is 0. The SMILES string of the molecule is CC1=CC=C=C=C1P(c1ccccc1C)c1ccccc1P(C1=C(C)C=CCC1)c1ccccc1C. The molecule has 0 radical (unpaired) electrons. The van der Waals surface area contributed by atoms with Gasteiger partial charge in [0.05, 0.1) is 0 Å². The fraction of sp³-hybridized carbons (Fsp3) is 0.176. The zero-order chi connectivity index (χ0) is 25.1. The second-order valence-corrected chi connectivity index (χ2v) is 13.7. The molecule has 2 unspecified atom stereocenters. The third-order valence-electron chi connectivity index (χ3n) is 6.92. The molecule has 3 aromatic rings. The molecule has 0 aliphatic heterocycles. The van der Waals surface area contributed by atoms with Crippen LogP contribution in [0.25, 0.3) is 0 Å². The fourth-order valence-corrected chi connectivity index (χ4v) is 11.0. The Morgan fingerprint density at radius 3 is 1.81 bits per heavy atom. The maximum Gasteiger partial charge on any atom is 0.0377 e. The van der Waals surface area contributed by atoms with Crippen LogP contribution in [-0.4, -0.2) is 0 Å². The second kappa shape index (κ2) is 11.0. The van der Waals surface area contributed by atoms with Crippen molar-refractivity contribution < 1.29 is 0 Å². The Morgan fingerprint density at radius 2 is 1.22 bits per heavy atom. The average molecular weight is 503 g/mol. The molecule has 0 aromatic heterocycles. The third-order valence-corrected chi connectivity index (χ3v) is 12.8. The van der Waals surface area contributed by atoms with Crippen molar-refractivity contribution in [1.29, 1.82) is 0 Å². The lowest BCUT2D eigenvalue weighted by Gasteiger charge is -2.32. The highest BCUT2D eigenvalue weighted by Gasteiger charge is 2.30. The Hall–Kier alpha value is -2.96. The second-order valence-electron chi connectivity index (χ2n) is 9.44. The smallest absolute Gasteiger partial charge is 0.0377 e. The summed E-state index contributed by atoms with van der Waals surface area (Å²) in [6, 6.07) is 27.2. The molecule has 3 aromatic carbocycles. The van der Waals surface area contributed by atoms with Crippen LogP contribution >= 0.6 is 15.8 Å². The van der Waals surface area contributed by atoms with E-state index in [-0.39, 0.29) is 0 Å². The maximum atomic E-state index is 3.55. The fourth-order valence-electron chi connectivity index (χ4n) is 5.01. The number of benzene rings is 3. The van der Waals surface area contributed by atoms with Crippen molar-refractivity contribution in [3.63, 3.8) is 0 Å². The molecule has 2 aliphatic rings. The maximum absolute atomic E-state index is 3.55. The predicted molar refractivity (Wildman–Crippen MR) is 161 cm³/mol. The van der Waals surface area contributed by atoms with Crippen LogP contribution in [0.1, 0.15) is 37.8 Å². The van der Waals surface area contributed by atoms with E-state index in [1.54, 1.807) is 5.31 Å². The Bertz CT molecular complexity index is 1500. The van der Waals surface area contributed by atoms with Crippen LogP contribution in [0.2, 0.25) is 0 Å². The lowest BCUT2D eigenvalue weighted by Crippen LogP contribution is -2.31. The van der Waals surface area contributed by atoms with Gasteiger partial charge in [0.1, 0.15) is 0 Å². The van der Waals surface area contributed by atoms with Gasteiger partial charge in [-0.3, -0.25) is 0 Å². The number of allylic oxidation sites excluding steroid dienone is 8. The van der Waals surface area contributed by atoms with Gasteiger partial charge in [-0.15, -0.1) is 0 Å². The molecule has 0 saturated heterocycles. The topological polar surface area (TPSA) is 0 Å². The molecule has 0 bridgehead atoms. The molecule has 0 fully saturated rings. The van der Waals surface area contributed by atoms with E-state index in [0.717, 1.165) is 12.8 Å². The van der Waals surface area contributed by atoms with Gasteiger partial charge in [0, 0.05) is 5.31 Å². The van der Waals surface area contributed by atoms with E-state index in [2.05, 4.69) is 130 Å². The van der Waals surface area contributed by atoms with Crippen molar-refractivity contribution in [2.75, 3.05) is 0 Å². The normalized spacial score (nSPS) is 16.6. The standard InChI is InChI=1S/C34H32P2/c1-25-15-5-9-19-29(25)35(30-20-10-6-16-26(30)2)33-23-13-14-24-34(33)36(31-21-11-7-17-27(31)3)32-22-12-8-18-28(32)4/h5-9,11,13-19,21,23-24H,10,20H2,1-4H3. The number of aryl methyl sites for hydroxylation is 2. The van der Waals surface area contributed by atoms with Crippen LogP contribution in [0.3, 0.4) is 0 Å². The average Bonchev–Trinajstić information content (AvgIpc) is 2.89. The third kappa shape index (κ3) is 4.84. The lowest BCUT2D eigenvalue weighted by atomic mass is 10.1. The Balaban J connectivity index is 1.81. The molecule has 0 spiro atoms. The zero-order valence-electron chi connectivity index (χ0n) is 21.5. The van der Waals surface area contributed by atoms with E-state index < -0.39 is 15.8 Å². The zero-order valence-corrected chi connectivity index (χ0v) is 23.3. The summed E-state index contributed by atoms with van der Waals surface area (Å²) in [5.74, 6) is 0. The Kier molecular flexibility index (Phi) is 7.54. The van der Waals surface area contributed by atoms with Crippen molar-refractivity contribution in [2.24, 2.45) is 0 Å². The molecule has 5 rings (SSSR count). The number of hydrogen-bond acceptors (Lipinski definition) is 0. The van der Waals surface area contributed by atoms with E-state index in [9.17, 15) is 0 Å². The molecule has 2 heteroatoms. The Labute approximate surface area is 218 Å². The first-order valence-corrected chi connectivity index (χ1v) is 15.3. The molecular weight excluding hydrogens is 470 g/mol. The number of rotatable bonds is 6. The van der Waals surface area contributed by atoms with Gasteiger partial charge in [-0.25, -0.2) is 0 Å². The van der Waals surface area contributed by atoms with E-state index >= 15 is 0 Å². The first kappa shape index (κ1) is 24.7. The van der Waals surface area contributed by atoms with Gasteiger partial charge >= 0.3 is 0 Å². The van der Waals surface area contributed by atoms with Crippen LogP contribution in [-0.2, 0) is 0 Å². The highest BCUT2D eigenvalue weighted by molar-refractivity contribution is 7.82. The van der Waals surface area contributed by atoms with Crippen molar-refractivity contribution in [3.05, 3.63) is 141 Å². The summed E-state index contributed by atoms with van der Waals surface area (Å²) < 4.78 is 0. The van der Waals surface area contributed by atoms with Crippen molar-refractivity contribution in [3.8, 4) is 0 Å². The van der Waals surface area contributed by atoms with Gasteiger partial charge in [-0.05, 0) is 117 Å². The molecule has 0 saturated carbocycles. The molecule has 0 N–H and O–H groups in total. The minimum Gasteiger partial charge on any atom is -0.0839 e. The van der Waals surface area contributed by atoms with Gasteiger partial charge < -0.3 is 0 Å². The Morgan fingerprint density at radius 1 is 0.667 bits per heavy atom. The molecule has 2 atom stereocenters. The van der Waals surface area contributed by atoms with Crippen LogP contribution in [0.15, 0.2) is 130 Å².